The van der Waals surface area contributed by atoms with Crippen molar-refractivity contribution in [2.24, 2.45) is 0 Å². The minimum Gasteiger partial charge on any atom is -0.481 e. The van der Waals surface area contributed by atoms with Crippen molar-refractivity contribution < 1.29 is 19.4 Å². The molecular formula is C13H20N4O4. The van der Waals surface area contributed by atoms with Crippen molar-refractivity contribution in [3.8, 4) is 11.8 Å². The molecule has 1 aromatic rings. The van der Waals surface area contributed by atoms with E-state index >= 15 is 0 Å². The number of hydrogen-bond donors (Lipinski definition) is 1. The predicted octanol–water partition coefficient (Wildman–Crippen LogP) is 0.0889. The Morgan fingerprint density at radius 1 is 1.19 bits per heavy atom. The molecule has 1 unspecified atom stereocenters. The number of carboxylic acids is 1. The van der Waals surface area contributed by atoms with Gasteiger partial charge in [-0.2, -0.15) is 9.97 Å². The fourth-order valence-corrected chi connectivity index (χ4v) is 2.21. The molecule has 8 heteroatoms. The lowest BCUT2D eigenvalue weighted by atomic mass is 10.2. The number of rotatable bonds is 5. The molecule has 0 spiro atoms. The van der Waals surface area contributed by atoms with E-state index in [0.29, 0.717) is 43.9 Å². The van der Waals surface area contributed by atoms with Gasteiger partial charge in [0.2, 0.25) is 17.7 Å². The minimum atomic E-state index is -0.803. The fourth-order valence-electron chi connectivity index (χ4n) is 2.21. The van der Waals surface area contributed by atoms with Crippen molar-refractivity contribution >= 4 is 11.9 Å². The van der Waals surface area contributed by atoms with Gasteiger partial charge in [0, 0.05) is 26.2 Å². The molecule has 2 heterocycles. The van der Waals surface area contributed by atoms with Crippen LogP contribution in [0.2, 0.25) is 0 Å². The van der Waals surface area contributed by atoms with Gasteiger partial charge in [0.25, 0.3) is 0 Å². The predicted molar refractivity (Wildman–Crippen MR) is 76.0 cm³/mol. The van der Waals surface area contributed by atoms with Crippen LogP contribution in [0.3, 0.4) is 0 Å². The Hall–Kier alpha value is -2.09. The van der Waals surface area contributed by atoms with Crippen LogP contribution in [0.25, 0.3) is 0 Å². The zero-order valence-electron chi connectivity index (χ0n) is 12.4. The molecule has 0 aromatic carbocycles. The van der Waals surface area contributed by atoms with E-state index in [1.807, 2.05) is 9.80 Å². The second kappa shape index (κ2) is 6.57. The van der Waals surface area contributed by atoms with E-state index in [-0.39, 0.29) is 0 Å². The highest BCUT2D eigenvalue weighted by Crippen LogP contribution is 2.21. The van der Waals surface area contributed by atoms with Gasteiger partial charge in [-0.3, -0.25) is 9.69 Å². The number of aromatic nitrogens is 2. The Bertz CT molecular complexity index is 481. The van der Waals surface area contributed by atoms with Crippen LogP contribution in [0, 0.1) is 0 Å². The summed E-state index contributed by atoms with van der Waals surface area (Å²) in [5.74, 6) is 0.618. The van der Waals surface area contributed by atoms with E-state index in [2.05, 4.69) is 9.97 Å². The van der Waals surface area contributed by atoms with Crippen LogP contribution in [-0.4, -0.2) is 72.4 Å². The number of hydrogen-bond acceptors (Lipinski definition) is 7. The van der Waals surface area contributed by atoms with Crippen molar-refractivity contribution in [3.63, 3.8) is 0 Å². The molecule has 1 fully saturated rings. The zero-order valence-corrected chi connectivity index (χ0v) is 12.4. The number of anilines is 1. The number of aliphatic carboxylic acids is 1. The van der Waals surface area contributed by atoms with Crippen LogP contribution in [0.4, 0.5) is 5.95 Å². The van der Waals surface area contributed by atoms with Crippen molar-refractivity contribution in [3.05, 3.63) is 6.07 Å². The van der Waals surface area contributed by atoms with E-state index < -0.39 is 12.0 Å². The average molecular weight is 296 g/mol. The summed E-state index contributed by atoms with van der Waals surface area (Å²) in [7, 11) is 3.08. The fraction of sp³-hybridized carbons (Fsp3) is 0.615. The van der Waals surface area contributed by atoms with Gasteiger partial charge in [-0.25, -0.2) is 0 Å². The summed E-state index contributed by atoms with van der Waals surface area (Å²) in [6.07, 6.45) is 0. The highest BCUT2D eigenvalue weighted by molar-refractivity contribution is 5.72. The summed E-state index contributed by atoms with van der Waals surface area (Å²) in [6, 6.07) is 1.14. The van der Waals surface area contributed by atoms with Gasteiger partial charge >= 0.3 is 5.97 Å². The first-order valence-electron chi connectivity index (χ1n) is 6.74. The first-order valence-corrected chi connectivity index (χ1v) is 6.74. The molecule has 0 amide bonds. The minimum absolute atomic E-state index is 0.443. The van der Waals surface area contributed by atoms with Crippen LogP contribution >= 0.6 is 0 Å². The molecule has 0 aliphatic carbocycles. The van der Waals surface area contributed by atoms with Gasteiger partial charge < -0.3 is 19.5 Å². The molecule has 1 aliphatic rings. The lowest BCUT2D eigenvalue weighted by Gasteiger charge is -2.36. The van der Waals surface area contributed by atoms with Gasteiger partial charge in [0.1, 0.15) is 6.04 Å². The highest BCUT2D eigenvalue weighted by Gasteiger charge is 2.26. The quantitative estimate of drug-likeness (QED) is 0.818. The molecule has 1 aromatic heterocycles. The van der Waals surface area contributed by atoms with Crippen LogP contribution in [0.5, 0.6) is 11.8 Å². The van der Waals surface area contributed by atoms with Gasteiger partial charge in [-0.1, -0.05) is 0 Å². The van der Waals surface area contributed by atoms with Crippen molar-refractivity contribution in [2.45, 2.75) is 13.0 Å². The average Bonchev–Trinajstić information content (AvgIpc) is 2.53. The Balaban J connectivity index is 2.06. The third-order valence-corrected chi connectivity index (χ3v) is 3.59. The number of ether oxygens (including phenoxy) is 2. The van der Waals surface area contributed by atoms with Crippen molar-refractivity contribution in [1.82, 2.24) is 14.9 Å². The topological polar surface area (TPSA) is 88.0 Å². The third kappa shape index (κ3) is 3.52. The molecule has 116 valence electrons. The second-order valence-electron chi connectivity index (χ2n) is 4.79. The molecule has 0 bridgehead atoms. The van der Waals surface area contributed by atoms with E-state index in [0.717, 1.165) is 0 Å². The van der Waals surface area contributed by atoms with Crippen molar-refractivity contribution in [2.75, 3.05) is 45.3 Å². The summed E-state index contributed by atoms with van der Waals surface area (Å²) in [6.45, 7) is 4.32. The van der Waals surface area contributed by atoms with E-state index in [4.69, 9.17) is 14.6 Å². The third-order valence-electron chi connectivity index (χ3n) is 3.59. The Morgan fingerprint density at radius 3 is 2.14 bits per heavy atom. The summed E-state index contributed by atoms with van der Waals surface area (Å²) >= 11 is 0. The molecule has 1 atom stereocenters. The Labute approximate surface area is 123 Å². The summed E-state index contributed by atoms with van der Waals surface area (Å²) in [5, 5.41) is 9.04. The maximum atomic E-state index is 11.0. The molecule has 2 rings (SSSR count). The monoisotopic (exact) mass is 296 g/mol. The highest BCUT2D eigenvalue weighted by atomic mass is 16.5. The van der Waals surface area contributed by atoms with E-state index in [1.165, 1.54) is 14.2 Å². The van der Waals surface area contributed by atoms with Crippen LogP contribution in [-0.2, 0) is 4.79 Å². The first-order chi connectivity index (χ1) is 10.0. The summed E-state index contributed by atoms with van der Waals surface area (Å²) < 4.78 is 10.3. The molecule has 8 nitrogen and oxygen atoms in total. The van der Waals surface area contributed by atoms with Gasteiger partial charge in [-0.05, 0) is 6.92 Å². The summed E-state index contributed by atoms with van der Waals surface area (Å²) in [5.41, 5.74) is 0. The van der Waals surface area contributed by atoms with Gasteiger partial charge in [0.15, 0.2) is 0 Å². The molecule has 0 saturated carbocycles. The Morgan fingerprint density at radius 2 is 1.71 bits per heavy atom. The van der Waals surface area contributed by atoms with Crippen molar-refractivity contribution in [1.29, 1.82) is 0 Å². The Kier molecular flexibility index (Phi) is 4.79. The second-order valence-corrected chi connectivity index (χ2v) is 4.79. The number of carboxylic acid groups (broad SMARTS) is 1. The van der Waals surface area contributed by atoms with Crippen LogP contribution in [0.15, 0.2) is 6.07 Å². The first kappa shape index (κ1) is 15.3. The lowest BCUT2D eigenvalue weighted by molar-refractivity contribution is -0.142. The van der Waals surface area contributed by atoms with Gasteiger partial charge in [0.05, 0.1) is 20.3 Å². The molecule has 0 radical (unpaired) electrons. The normalized spacial score (nSPS) is 17.4. The number of methoxy groups -OCH3 is 2. The number of nitrogens with zero attached hydrogens (tertiary/aromatic N) is 4. The van der Waals surface area contributed by atoms with E-state index in [1.54, 1.807) is 13.0 Å². The number of piperazine rings is 1. The van der Waals surface area contributed by atoms with Crippen LogP contribution < -0.4 is 14.4 Å². The molecule has 1 N–H and O–H groups in total. The van der Waals surface area contributed by atoms with E-state index in [9.17, 15) is 4.79 Å². The standard InChI is InChI=1S/C13H20N4O4/c1-9(12(18)19)16-4-6-17(7-5-16)13-14-10(20-2)8-11(15-13)21-3/h8-9H,4-7H2,1-3H3,(H,18,19). The molecular weight excluding hydrogens is 276 g/mol. The zero-order chi connectivity index (χ0) is 15.4. The van der Waals surface area contributed by atoms with Crippen LogP contribution in [0.1, 0.15) is 6.92 Å². The molecule has 21 heavy (non-hydrogen) atoms. The molecule has 1 saturated heterocycles. The summed E-state index contributed by atoms with van der Waals surface area (Å²) in [4.78, 5) is 23.5. The SMILES string of the molecule is COc1cc(OC)nc(N2CCN(C(C)C(=O)O)CC2)n1. The maximum Gasteiger partial charge on any atom is 0.320 e. The smallest absolute Gasteiger partial charge is 0.320 e. The number of carbonyl (C=O) groups is 1. The van der Waals surface area contributed by atoms with Gasteiger partial charge in [-0.15, -0.1) is 0 Å². The lowest BCUT2D eigenvalue weighted by Crippen LogP contribution is -2.52. The molecule has 1 aliphatic heterocycles. The maximum absolute atomic E-state index is 11.0. The largest absolute Gasteiger partial charge is 0.481 e.